The average Bonchev–Trinajstić information content (AvgIpc) is 2.85. The summed E-state index contributed by atoms with van der Waals surface area (Å²) in [5, 5.41) is 13.9. The van der Waals surface area contributed by atoms with Gasteiger partial charge in [0.1, 0.15) is 6.04 Å². The zero-order valence-corrected chi connectivity index (χ0v) is 11.9. The summed E-state index contributed by atoms with van der Waals surface area (Å²) in [5.41, 5.74) is 3.16. The number of H-pyrrole nitrogens is 1. The second-order valence-electron chi connectivity index (χ2n) is 5.55. The van der Waals surface area contributed by atoms with E-state index in [-0.39, 0.29) is 5.54 Å². The molecular formula is C16H20N2O2. The second-order valence-corrected chi connectivity index (χ2v) is 5.55. The lowest BCUT2D eigenvalue weighted by molar-refractivity contribution is -0.140. The molecule has 0 radical (unpaired) electrons. The van der Waals surface area contributed by atoms with Crippen LogP contribution in [0.15, 0.2) is 24.3 Å². The molecule has 1 aromatic carbocycles. The number of rotatable bonds is 3. The molecule has 3 N–H and O–H groups in total. The van der Waals surface area contributed by atoms with Crippen LogP contribution < -0.4 is 5.32 Å². The molecule has 1 atom stereocenters. The van der Waals surface area contributed by atoms with Crippen LogP contribution in [0.1, 0.15) is 37.9 Å². The van der Waals surface area contributed by atoms with Gasteiger partial charge in [0.2, 0.25) is 0 Å². The molecule has 1 aliphatic rings. The molecule has 2 heterocycles. The Morgan fingerprint density at radius 2 is 2.05 bits per heavy atom. The average molecular weight is 272 g/mol. The first-order chi connectivity index (χ1) is 9.61. The molecule has 0 aliphatic carbocycles. The first-order valence-electron chi connectivity index (χ1n) is 7.22. The number of aliphatic carboxylic acids is 1. The summed E-state index contributed by atoms with van der Waals surface area (Å²) in [4.78, 5) is 15.0. The SMILES string of the molecule is CCC1(CC)NC(C(=O)O)Cc2c1[nH]c1ccccc21. The molecule has 0 fully saturated rings. The fourth-order valence-electron chi connectivity index (χ4n) is 3.44. The fraction of sp³-hybridized carbons (Fsp3) is 0.438. The summed E-state index contributed by atoms with van der Waals surface area (Å²) in [6.07, 6.45) is 2.27. The number of carbonyl (C=O) groups is 1. The van der Waals surface area contributed by atoms with Crippen molar-refractivity contribution < 1.29 is 9.90 Å². The fourth-order valence-corrected chi connectivity index (χ4v) is 3.44. The molecule has 4 nitrogen and oxygen atoms in total. The maximum absolute atomic E-state index is 11.5. The number of aromatic nitrogens is 1. The van der Waals surface area contributed by atoms with Gasteiger partial charge in [-0.15, -0.1) is 0 Å². The van der Waals surface area contributed by atoms with Crippen molar-refractivity contribution in [2.45, 2.75) is 44.7 Å². The molecule has 106 valence electrons. The number of hydrogen-bond donors (Lipinski definition) is 3. The topological polar surface area (TPSA) is 65.1 Å². The van der Waals surface area contributed by atoms with Crippen molar-refractivity contribution in [3.8, 4) is 0 Å². The Labute approximate surface area is 118 Å². The summed E-state index contributed by atoms with van der Waals surface area (Å²) in [6, 6.07) is 7.63. The summed E-state index contributed by atoms with van der Waals surface area (Å²) in [5.74, 6) is -0.771. The van der Waals surface area contributed by atoms with E-state index >= 15 is 0 Å². The summed E-state index contributed by atoms with van der Waals surface area (Å²) < 4.78 is 0. The number of fused-ring (bicyclic) bond motifs is 3. The third-order valence-electron chi connectivity index (χ3n) is 4.66. The van der Waals surface area contributed by atoms with E-state index in [1.165, 1.54) is 5.69 Å². The molecule has 1 aromatic heterocycles. The molecule has 1 aliphatic heterocycles. The van der Waals surface area contributed by atoms with Gasteiger partial charge in [0.15, 0.2) is 0 Å². The molecular weight excluding hydrogens is 252 g/mol. The van der Waals surface area contributed by atoms with Gasteiger partial charge in [-0.25, -0.2) is 0 Å². The van der Waals surface area contributed by atoms with Gasteiger partial charge >= 0.3 is 5.97 Å². The number of nitrogens with one attached hydrogen (secondary N) is 2. The minimum atomic E-state index is -0.771. The highest BCUT2D eigenvalue weighted by Crippen LogP contribution is 2.39. The largest absolute Gasteiger partial charge is 0.480 e. The van der Waals surface area contributed by atoms with E-state index < -0.39 is 12.0 Å². The maximum Gasteiger partial charge on any atom is 0.321 e. The predicted molar refractivity (Wildman–Crippen MR) is 78.8 cm³/mol. The summed E-state index contributed by atoms with van der Waals surface area (Å²) in [7, 11) is 0. The number of aromatic amines is 1. The van der Waals surface area contributed by atoms with Crippen molar-refractivity contribution in [1.29, 1.82) is 0 Å². The molecule has 0 amide bonds. The van der Waals surface area contributed by atoms with E-state index in [9.17, 15) is 9.90 Å². The van der Waals surface area contributed by atoms with E-state index in [2.05, 4.69) is 36.3 Å². The molecule has 1 unspecified atom stereocenters. The number of carboxylic acid groups (broad SMARTS) is 1. The van der Waals surface area contributed by atoms with Gasteiger partial charge in [0.25, 0.3) is 0 Å². The van der Waals surface area contributed by atoms with Gasteiger partial charge < -0.3 is 10.1 Å². The molecule has 0 saturated carbocycles. The van der Waals surface area contributed by atoms with E-state index in [1.807, 2.05) is 12.1 Å². The highest BCUT2D eigenvalue weighted by Gasteiger charge is 2.41. The number of para-hydroxylation sites is 1. The van der Waals surface area contributed by atoms with Gasteiger partial charge in [-0.1, -0.05) is 32.0 Å². The van der Waals surface area contributed by atoms with Gasteiger partial charge in [0.05, 0.1) is 5.54 Å². The van der Waals surface area contributed by atoms with Crippen molar-refractivity contribution in [2.24, 2.45) is 0 Å². The first kappa shape index (κ1) is 13.2. The zero-order chi connectivity index (χ0) is 14.3. The van der Waals surface area contributed by atoms with Crippen LogP contribution >= 0.6 is 0 Å². The Morgan fingerprint density at radius 3 is 2.70 bits per heavy atom. The molecule has 0 saturated heterocycles. The van der Waals surface area contributed by atoms with E-state index in [4.69, 9.17) is 0 Å². The smallest absolute Gasteiger partial charge is 0.321 e. The summed E-state index contributed by atoms with van der Waals surface area (Å²) >= 11 is 0. The Morgan fingerprint density at radius 1 is 1.35 bits per heavy atom. The molecule has 3 rings (SSSR count). The van der Waals surface area contributed by atoms with E-state index in [1.54, 1.807) is 0 Å². The van der Waals surface area contributed by atoms with Crippen LogP contribution in [0.25, 0.3) is 10.9 Å². The number of hydrogen-bond acceptors (Lipinski definition) is 2. The minimum Gasteiger partial charge on any atom is -0.480 e. The van der Waals surface area contributed by atoms with Crippen molar-refractivity contribution in [3.63, 3.8) is 0 Å². The molecule has 2 aromatic rings. The number of benzene rings is 1. The van der Waals surface area contributed by atoms with Crippen LogP contribution in [0.3, 0.4) is 0 Å². The normalized spacial score (nSPS) is 20.8. The van der Waals surface area contributed by atoms with Gasteiger partial charge in [-0.05, 0) is 24.5 Å². The Hall–Kier alpha value is -1.81. The van der Waals surface area contributed by atoms with Crippen LogP contribution in [-0.2, 0) is 16.8 Å². The number of carboxylic acids is 1. The van der Waals surface area contributed by atoms with Crippen LogP contribution in [0.2, 0.25) is 0 Å². The van der Waals surface area contributed by atoms with E-state index in [0.29, 0.717) is 6.42 Å². The molecule has 20 heavy (non-hydrogen) atoms. The van der Waals surface area contributed by atoms with Crippen molar-refractivity contribution in [3.05, 3.63) is 35.5 Å². The predicted octanol–water partition coefficient (Wildman–Crippen LogP) is 2.78. The van der Waals surface area contributed by atoms with Gasteiger partial charge in [-0.3, -0.25) is 10.1 Å². The van der Waals surface area contributed by atoms with E-state index in [0.717, 1.165) is 29.3 Å². The van der Waals surface area contributed by atoms with Crippen molar-refractivity contribution in [1.82, 2.24) is 10.3 Å². The van der Waals surface area contributed by atoms with Crippen molar-refractivity contribution >= 4 is 16.9 Å². The van der Waals surface area contributed by atoms with Crippen LogP contribution in [0.5, 0.6) is 0 Å². The van der Waals surface area contributed by atoms with Crippen LogP contribution in [0, 0.1) is 0 Å². The van der Waals surface area contributed by atoms with Crippen LogP contribution in [-0.4, -0.2) is 22.1 Å². The molecule has 0 spiro atoms. The first-order valence-corrected chi connectivity index (χ1v) is 7.22. The van der Waals surface area contributed by atoms with Crippen molar-refractivity contribution in [2.75, 3.05) is 0 Å². The zero-order valence-electron chi connectivity index (χ0n) is 11.9. The summed E-state index contributed by atoms with van der Waals surface area (Å²) in [6.45, 7) is 4.21. The molecule has 4 heteroatoms. The minimum absolute atomic E-state index is 0.268. The quantitative estimate of drug-likeness (QED) is 0.805. The Bertz CT molecular complexity index is 656. The maximum atomic E-state index is 11.5. The Kier molecular flexibility index (Phi) is 3.05. The molecule has 0 bridgehead atoms. The Balaban J connectivity index is 2.24. The second kappa shape index (κ2) is 4.63. The lowest BCUT2D eigenvalue weighted by Crippen LogP contribution is -2.55. The standard InChI is InChI=1S/C16H20N2O2/c1-3-16(4-2)14-11(9-13(18-16)15(19)20)10-7-5-6-8-12(10)17-14/h5-8,13,17-18H,3-4,9H2,1-2H3,(H,19,20). The highest BCUT2D eigenvalue weighted by molar-refractivity contribution is 5.87. The monoisotopic (exact) mass is 272 g/mol. The third kappa shape index (κ3) is 1.75. The van der Waals surface area contributed by atoms with Gasteiger partial charge in [-0.2, -0.15) is 0 Å². The van der Waals surface area contributed by atoms with Crippen LogP contribution in [0.4, 0.5) is 0 Å². The lowest BCUT2D eigenvalue weighted by atomic mass is 9.80. The third-order valence-corrected chi connectivity index (χ3v) is 4.66. The van der Waals surface area contributed by atoms with Gasteiger partial charge in [0, 0.05) is 23.0 Å². The lowest BCUT2D eigenvalue weighted by Gasteiger charge is -2.40. The highest BCUT2D eigenvalue weighted by atomic mass is 16.4.